The highest BCUT2D eigenvalue weighted by atomic mass is 32.1. The van der Waals surface area contributed by atoms with Crippen LogP contribution in [0.3, 0.4) is 0 Å². The Balaban J connectivity index is 1.87. The van der Waals surface area contributed by atoms with Crippen LogP contribution in [0.15, 0.2) is 6.20 Å². The first-order valence-corrected chi connectivity index (χ1v) is 7.77. The zero-order valence-corrected chi connectivity index (χ0v) is 12.4. The third-order valence-corrected chi connectivity index (χ3v) is 4.44. The molecule has 0 radical (unpaired) electrons. The fraction of sp³-hybridized carbons (Fsp3) is 0.692. The van der Waals surface area contributed by atoms with E-state index >= 15 is 0 Å². The van der Waals surface area contributed by atoms with Gasteiger partial charge >= 0.3 is 0 Å². The van der Waals surface area contributed by atoms with Crippen LogP contribution in [0.4, 0.5) is 5.13 Å². The Kier molecular flexibility index (Phi) is 5.15. The molecule has 0 unspecified atom stereocenters. The van der Waals surface area contributed by atoms with E-state index in [1.165, 1.54) is 4.88 Å². The maximum Gasteiger partial charge on any atom is 0.237 e. The quantitative estimate of drug-likeness (QED) is 0.827. The van der Waals surface area contributed by atoms with Crippen LogP contribution in [0.1, 0.15) is 31.6 Å². The number of thiazole rings is 1. The number of carbonyl (C=O) groups excluding carboxylic acids is 1. The van der Waals surface area contributed by atoms with E-state index in [2.05, 4.69) is 34.4 Å². The third-order valence-electron chi connectivity index (χ3n) is 3.38. The molecule has 2 heterocycles. The maximum absolute atomic E-state index is 11.6. The second-order valence-corrected chi connectivity index (χ2v) is 5.74. The third kappa shape index (κ3) is 3.67. The van der Waals surface area contributed by atoms with Crippen LogP contribution in [-0.4, -0.2) is 36.6 Å². The highest BCUT2D eigenvalue weighted by molar-refractivity contribution is 7.15. The Morgan fingerprint density at radius 3 is 3.00 bits per heavy atom. The number of nitrogens with one attached hydrogen (secondary N) is 2. The van der Waals surface area contributed by atoms with Gasteiger partial charge in [-0.05, 0) is 26.7 Å². The first-order chi connectivity index (χ1) is 9.24. The Morgan fingerprint density at radius 1 is 1.53 bits per heavy atom. The van der Waals surface area contributed by atoms with Crippen molar-refractivity contribution >= 4 is 22.4 Å². The van der Waals surface area contributed by atoms with Gasteiger partial charge in [0.25, 0.3) is 0 Å². The van der Waals surface area contributed by atoms with Crippen molar-refractivity contribution in [2.24, 2.45) is 0 Å². The number of hydrogen-bond donors (Lipinski definition) is 2. The van der Waals surface area contributed by atoms with Gasteiger partial charge in [-0.1, -0.05) is 0 Å². The minimum atomic E-state index is -0.0484. The van der Waals surface area contributed by atoms with Crippen LogP contribution in [0, 0.1) is 0 Å². The van der Waals surface area contributed by atoms with Crippen molar-refractivity contribution in [1.82, 2.24) is 15.6 Å². The Morgan fingerprint density at radius 2 is 2.32 bits per heavy atom. The Labute approximate surface area is 118 Å². The van der Waals surface area contributed by atoms with Crippen molar-refractivity contribution < 1.29 is 4.79 Å². The summed E-state index contributed by atoms with van der Waals surface area (Å²) in [5, 5.41) is 7.27. The minimum Gasteiger partial charge on any atom is -0.355 e. The number of hydrogen-bond acceptors (Lipinski definition) is 5. The lowest BCUT2D eigenvalue weighted by molar-refractivity contribution is -0.124. The SMILES string of the molecule is CCN(CC)c1ncc(CN[C@@H]2CCCNC2=O)s1. The molecule has 0 saturated carbocycles. The number of aromatic nitrogens is 1. The van der Waals surface area contributed by atoms with Gasteiger partial charge in [0.1, 0.15) is 0 Å². The predicted molar refractivity (Wildman–Crippen MR) is 78.5 cm³/mol. The van der Waals surface area contributed by atoms with Crippen molar-refractivity contribution in [2.45, 2.75) is 39.3 Å². The molecule has 1 aromatic heterocycles. The lowest BCUT2D eigenvalue weighted by atomic mass is 10.1. The molecular formula is C13H22N4OS. The van der Waals surface area contributed by atoms with Gasteiger partial charge in [-0.2, -0.15) is 0 Å². The number of amides is 1. The fourth-order valence-electron chi connectivity index (χ4n) is 2.21. The van der Waals surface area contributed by atoms with Crippen LogP contribution in [0.5, 0.6) is 0 Å². The number of anilines is 1. The van der Waals surface area contributed by atoms with Crippen molar-refractivity contribution in [3.63, 3.8) is 0 Å². The second kappa shape index (κ2) is 6.86. The lowest BCUT2D eigenvalue weighted by Crippen LogP contribution is -2.47. The predicted octanol–water partition coefficient (Wildman–Crippen LogP) is 1.36. The summed E-state index contributed by atoms with van der Waals surface area (Å²) < 4.78 is 0. The van der Waals surface area contributed by atoms with Gasteiger partial charge in [0.15, 0.2) is 5.13 Å². The first kappa shape index (κ1) is 14.3. The monoisotopic (exact) mass is 282 g/mol. The molecule has 1 saturated heterocycles. The van der Waals surface area contributed by atoms with Crippen molar-refractivity contribution in [1.29, 1.82) is 0 Å². The van der Waals surface area contributed by atoms with Gasteiger partial charge in [-0.25, -0.2) is 4.98 Å². The fourth-order valence-corrected chi connectivity index (χ4v) is 3.20. The topological polar surface area (TPSA) is 57.3 Å². The summed E-state index contributed by atoms with van der Waals surface area (Å²) in [6, 6.07) is -0.0484. The first-order valence-electron chi connectivity index (χ1n) is 6.95. The van der Waals surface area contributed by atoms with E-state index in [9.17, 15) is 4.79 Å². The van der Waals surface area contributed by atoms with E-state index < -0.39 is 0 Å². The molecule has 2 N–H and O–H groups in total. The molecule has 19 heavy (non-hydrogen) atoms. The summed E-state index contributed by atoms with van der Waals surface area (Å²) in [5.41, 5.74) is 0. The molecule has 1 aromatic rings. The summed E-state index contributed by atoms with van der Waals surface area (Å²) >= 11 is 1.70. The number of rotatable bonds is 6. The molecule has 0 bridgehead atoms. The number of carbonyl (C=O) groups is 1. The van der Waals surface area contributed by atoms with E-state index in [-0.39, 0.29) is 11.9 Å². The number of nitrogens with zero attached hydrogens (tertiary/aromatic N) is 2. The average Bonchev–Trinajstić information content (AvgIpc) is 2.88. The molecule has 1 amide bonds. The van der Waals surface area contributed by atoms with Crippen LogP contribution < -0.4 is 15.5 Å². The molecular weight excluding hydrogens is 260 g/mol. The zero-order chi connectivity index (χ0) is 13.7. The highest BCUT2D eigenvalue weighted by Gasteiger charge is 2.21. The van der Waals surface area contributed by atoms with Gasteiger partial charge in [0, 0.05) is 37.3 Å². The molecule has 6 heteroatoms. The smallest absolute Gasteiger partial charge is 0.237 e. The van der Waals surface area contributed by atoms with E-state index in [0.29, 0.717) is 0 Å². The van der Waals surface area contributed by atoms with Gasteiger partial charge in [-0.15, -0.1) is 11.3 Å². The molecule has 1 aliphatic rings. The molecule has 0 aliphatic carbocycles. The van der Waals surface area contributed by atoms with Crippen LogP contribution in [-0.2, 0) is 11.3 Å². The van der Waals surface area contributed by atoms with Gasteiger partial charge < -0.3 is 15.5 Å². The van der Waals surface area contributed by atoms with Crippen LogP contribution in [0.2, 0.25) is 0 Å². The van der Waals surface area contributed by atoms with E-state index in [1.807, 2.05) is 6.20 Å². The highest BCUT2D eigenvalue weighted by Crippen LogP contribution is 2.22. The Bertz CT molecular complexity index is 417. The largest absolute Gasteiger partial charge is 0.355 e. The van der Waals surface area contributed by atoms with Crippen LogP contribution in [0.25, 0.3) is 0 Å². The average molecular weight is 282 g/mol. The van der Waals surface area contributed by atoms with Gasteiger partial charge in [0.2, 0.25) is 5.91 Å². The molecule has 2 rings (SSSR count). The molecule has 106 valence electrons. The van der Waals surface area contributed by atoms with Gasteiger partial charge in [0.05, 0.1) is 6.04 Å². The van der Waals surface area contributed by atoms with Crippen molar-refractivity contribution in [3.05, 3.63) is 11.1 Å². The summed E-state index contributed by atoms with van der Waals surface area (Å²) in [6.07, 6.45) is 3.89. The van der Waals surface area contributed by atoms with Crippen molar-refractivity contribution in [2.75, 3.05) is 24.5 Å². The maximum atomic E-state index is 11.6. The normalized spacial score (nSPS) is 19.3. The van der Waals surface area contributed by atoms with Crippen molar-refractivity contribution in [3.8, 4) is 0 Å². The second-order valence-electron chi connectivity index (χ2n) is 4.65. The molecule has 1 fully saturated rings. The molecule has 0 spiro atoms. The van der Waals surface area contributed by atoms with E-state index in [1.54, 1.807) is 11.3 Å². The van der Waals surface area contributed by atoms with E-state index in [4.69, 9.17) is 0 Å². The van der Waals surface area contributed by atoms with E-state index in [0.717, 1.165) is 44.2 Å². The summed E-state index contributed by atoms with van der Waals surface area (Å²) in [4.78, 5) is 19.5. The Hall–Kier alpha value is -1.14. The molecule has 5 nitrogen and oxygen atoms in total. The van der Waals surface area contributed by atoms with Crippen LogP contribution >= 0.6 is 11.3 Å². The molecule has 0 aromatic carbocycles. The molecule has 1 atom stereocenters. The standard InChI is InChI=1S/C13H22N4OS/c1-3-17(4-2)13-16-9-10(19-13)8-15-11-6-5-7-14-12(11)18/h9,11,15H,3-8H2,1-2H3,(H,14,18)/t11-/m1/s1. The molecule has 1 aliphatic heterocycles. The van der Waals surface area contributed by atoms with Gasteiger partial charge in [-0.3, -0.25) is 4.79 Å². The summed E-state index contributed by atoms with van der Waals surface area (Å²) in [6.45, 7) is 7.74. The lowest BCUT2D eigenvalue weighted by Gasteiger charge is -2.22. The summed E-state index contributed by atoms with van der Waals surface area (Å²) in [7, 11) is 0. The summed E-state index contributed by atoms with van der Waals surface area (Å²) in [5.74, 6) is 0.125. The minimum absolute atomic E-state index is 0.0484. The number of piperidine rings is 1. The zero-order valence-electron chi connectivity index (χ0n) is 11.6.